The molecule has 132 valence electrons. The maximum atomic E-state index is 12.3. The van der Waals surface area contributed by atoms with E-state index >= 15 is 0 Å². The zero-order chi connectivity index (χ0) is 18.2. The van der Waals surface area contributed by atoms with Gasteiger partial charge in [-0.3, -0.25) is 9.36 Å². The molecule has 0 saturated heterocycles. The Labute approximate surface area is 150 Å². The van der Waals surface area contributed by atoms with E-state index in [-0.39, 0.29) is 11.6 Å². The van der Waals surface area contributed by atoms with E-state index in [1.165, 1.54) is 16.7 Å². The van der Waals surface area contributed by atoms with E-state index in [4.69, 9.17) is 5.26 Å². The SMILES string of the molecule is C[C@@H](Sc1n[nH]c(=O)n1CCc1ccccc1)C(=O)N(C)CCC#N. The summed E-state index contributed by atoms with van der Waals surface area (Å²) in [5, 5.41) is 15.2. The van der Waals surface area contributed by atoms with Crippen molar-refractivity contribution in [2.75, 3.05) is 13.6 Å². The Morgan fingerprint density at radius 3 is 2.84 bits per heavy atom. The number of nitrogens with one attached hydrogen (secondary N) is 1. The number of rotatable bonds is 8. The van der Waals surface area contributed by atoms with E-state index in [1.54, 1.807) is 18.5 Å². The molecule has 1 amide bonds. The van der Waals surface area contributed by atoms with Crippen LogP contribution in [0.25, 0.3) is 0 Å². The third-order valence-corrected chi connectivity index (χ3v) is 4.83. The number of aromatic amines is 1. The summed E-state index contributed by atoms with van der Waals surface area (Å²) < 4.78 is 1.55. The summed E-state index contributed by atoms with van der Waals surface area (Å²) in [5.41, 5.74) is 0.850. The highest BCUT2D eigenvalue weighted by atomic mass is 32.2. The van der Waals surface area contributed by atoms with Gasteiger partial charge in [0, 0.05) is 20.1 Å². The smallest absolute Gasteiger partial charge is 0.343 e. The Hall–Kier alpha value is -2.53. The molecule has 0 radical (unpaired) electrons. The number of amides is 1. The van der Waals surface area contributed by atoms with Gasteiger partial charge in [0.2, 0.25) is 5.91 Å². The van der Waals surface area contributed by atoms with Crippen molar-refractivity contribution < 1.29 is 4.79 Å². The number of carbonyl (C=O) groups excluding carboxylic acids is 1. The quantitative estimate of drug-likeness (QED) is 0.724. The number of thioether (sulfide) groups is 1. The van der Waals surface area contributed by atoms with Crippen molar-refractivity contribution >= 4 is 17.7 Å². The molecule has 0 aliphatic carbocycles. The predicted octanol–water partition coefficient (Wildman–Crippen LogP) is 1.67. The first-order valence-corrected chi connectivity index (χ1v) is 8.88. The average Bonchev–Trinajstić information content (AvgIpc) is 2.97. The zero-order valence-corrected chi connectivity index (χ0v) is 15.1. The van der Waals surface area contributed by atoms with Crippen LogP contribution in [0.15, 0.2) is 40.3 Å². The van der Waals surface area contributed by atoms with Gasteiger partial charge in [-0.2, -0.15) is 5.26 Å². The number of aryl methyl sites for hydroxylation is 1. The van der Waals surface area contributed by atoms with Crippen molar-refractivity contribution in [3.05, 3.63) is 46.4 Å². The molecule has 1 atom stereocenters. The van der Waals surface area contributed by atoms with E-state index < -0.39 is 5.25 Å². The Morgan fingerprint density at radius 2 is 2.16 bits per heavy atom. The van der Waals surface area contributed by atoms with Gasteiger partial charge in [-0.05, 0) is 18.9 Å². The first-order valence-electron chi connectivity index (χ1n) is 8.00. The lowest BCUT2D eigenvalue weighted by molar-refractivity contribution is -0.128. The largest absolute Gasteiger partial charge is 0.344 e. The number of nitrogens with zero attached hydrogens (tertiary/aromatic N) is 4. The van der Waals surface area contributed by atoms with Crippen LogP contribution in [-0.2, 0) is 17.8 Å². The van der Waals surface area contributed by atoms with Gasteiger partial charge in [-0.15, -0.1) is 5.10 Å². The molecule has 0 aliphatic rings. The highest BCUT2D eigenvalue weighted by Crippen LogP contribution is 2.21. The molecular formula is C17H21N5O2S. The summed E-state index contributed by atoms with van der Waals surface area (Å²) in [6, 6.07) is 11.9. The molecule has 2 rings (SSSR count). The lowest BCUT2D eigenvalue weighted by Gasteiger charge is -2.19. The van der Waals surface area contributed by atoms with Crippen molar-refractivity contribution in [2.24, 2.45) is 0 Å². The molecule has 0 bridgehead atoms. The lowest BCUT2D eigenvalue weighted by atomic mass is 10.1. The molecule has 2 aromatic rings. The fourth-order valence-corrected chi connectivity index (χ4v) is 3.32. The monoisotopic (exact) mass is 359 g/mol. The van der Waals surface area contributed by atoms with Crippen LogP contribution < -0.4 is 5.69 Å². The number of hydrogen-bond acceptors (Lipinski definition) is 5. The van der Waals surface area contributed by atoms with Crippen molar-refractivity contribution in [1.29, 1.82) is 5.26 Å². The van der Waals surface area contributed by atoms with E-state index in [9.17, 15) is 9.59 Å². The molecule has 1 heterocycles. The van der Waals surface area contributed by atoms with Crippen LogP contribution in [0, 0.1) is 11.3 Å². The number of carbonyl (C=O) groups is 1. The van der Waals surface area contributed by atoms with E-state index in [2.05, 4.69) is 10.2 Å². The van der Waals surface area contributed by atoms with Gasteiger partial charge in [0.15, 0.2) is 5.16 Å². The van der Waals surface area contributed by atoms with Crippen LogP contribution in [0.1, 0.15) is 18.9 Å². The van der Waals surface area contributed by atoms with Gasteiger partial charge in [0.1, 0.15) is 0 Å². The minimum atomic E-state index is -0.394. The first-order chi connectivity index (χ1) is 12.0. The fraction of sp³-hybridized carbons (Fsp3) is 0.412. The molecule has 1 aromatic carbocycles. The molecule has 8 heteroatoms. The highest BCUT2D eigenvalue weighted by molar-refractivity contribution is 8.00. The van der Waals surface area contributed by atoms with E-state index in [0.717, 1.165) is 5.56 Å². The second-order valence-electron chi connectivity index (χ2n) is 5.63. The second-order valence-corrected chi connectivity index (χ2v) is 6.93. The molecule has 0 spiro atoms. The minimum absolute atomic E-state index is 0.0923. The summed E-state index contributed by atoms with van der Waals surface area (Å²) in [5.74, 6) is -0.0923. The first kappa shape index (κ1) is 18.8. The van der Waals surface area contributed by atoms with E-state index in [0.29, 0.717) is 31.1 Å². The topological polar surface area (TPSA) is 94.8 Å². The summed E-state index contributed by atoms with van der Waals surface area (Å²) >= 11 is 1.24. The van der Waals surface area contributed by atoms with Gasteiger partial charge in [0.05, 0.1) is 17.7 Å². The standard InChI is InChI=1S/C17H21N5O2S/c1-13(15(23)21(2)11-6-10-18)25-17-20-19-16(24)22(17)12-9-14-7-4-3-5-8-14/h3-5,7-8,13H,6,9,11-12H2,1-2H3,(H,19,24)/t13-/m1/s1. The molecule has 0 saturated carbocycles. The normalized spacial score (nSPS) is 11.7. The van der Waals surface area contributed by atoms with Gasteiger partial charge >= 0.3 is 5.69 Å². The average molecular weight is 359 g/mol. The van der Waals surface area contributed by atoms with Gasteiger partial charge in [-0.1, -0.05) is 42.1 Å². The molecule has 1 N–H and O–H groups in total. The van der Waals surface area contributed by atoms with Crippen LogP contribution in [0.5, 0.6) is 0 Å². The predicted molar refractivity (Wildman–Crippen MR) is 96.2 cm³/mol. The summed E-state index contributed by atoms with van der Waals surface area (Å²) in [6.45, 7) is 2.66. The van der Waals surface area contributed by atoms with Crippen molar-refractivity contribution in [3.8, 4) is 6.07 Å². The molecule has 0 unspecified atom stereocenters. The maximum Gasteiger partial charge on any atom is 0.343 e. The van der Waals surface area contributed by atoms with Gasteiger partial charge < -0.3 is 4.90 Å². The van der Waals surface area contributed by atoms with Crippen LogP contribution in [0.3, 0.4) is 0 Å². The molecule has 25 heavy (non-hydrogen) atoms. The summed E-state index contributed by atoms with van der Waals surface area (Å²) in [7, 11) is 1.67. The summed E-state index contributed by atoms with van der Waals surface area (Å²) in [6.07, 6.45) is 1.00. The van der Waals surface area contributed by atoms with Crippen LogP contribution in [0.2, 0.25) is 0 Å². The zero-order valence-electron chi connectivity index (χ0n) is 14.3. The number of nitriles is 1. The van der Waals surface area contributed by atoms with Gasteiger partial charge in [-0.25, -0.2) is 9.89 Å². The number of hydrogen-bond donors (Lipinski definition) is 1. The Balaban J connectivity index is 2.01. The van der Waals surface area contributed by atoms with Crippen LogP contribution >= 0.6 is 11.8 Å². The van der Waals surface area contributed by atoms with Crippen molar-refractivity contribution in [2.45, 2.75) is 36.7 Å². The molecule has 1 aromatic heterocycles. The molecule has 7 nitrogen and oxygen atoms in total. The molecule has 0 aliphatic heterocycles. The van der Waals surface area contributed by atoms with Crippen LogP contribution in [0.4, 0.5) is 0 Å². The van der Waals surface area contributed by atoms with Crippen molar-refractivity contribution in [3.63, 3.8) is 0 Å². The summed E-state index contributed by atoms with van der Waals surface area (Å²) in [4.78, 5) is 25.8. The van der Waals surface area contributed by atoms with Crippen LogP contribution in [-0.4, -0.2) is 44.4 Å². The molecule has 0 fully saturated rings. The van der Waals surface area contributed by atoms with Crippen molar-refractivity contribution in [1.82, 2.24) is 19.7 Å². The second kappa shape index (κ2) is 9.08. The number of H-pyrrole nitrogens is 1. The third kappa shape index (κ3) is 5.22. The number of benzene rings is 1. The van der Waals surface area contributed by atoms with E-state index in [1.807, 2.05) is 36.4 Å². The Bertz CT molecular complexity index is 793. The highest BCUT2D eigenvalue weighted by Gasteiger charge is 2.21. The fourth-order valence-electron chi connectivity index (χ4n) is 2.32. The van der Waals surface area contributed by atoms with Gasteiger partial charge in [0.25, 0.3) is 0 Å². The molecular weight excluding hydrogens is 338 g/mol. The third-order valence-electron chi connectivity index (χ3n) is 3.76. The minimum Gasteiger partial charge on any atom is -0.344 e. The Morgan fingerprint density at radius 1 is 1.44 bits per heavy atom. The maximum absolute atomic E-state index is 12.3. The Kier molecular flexibility index (Phi) is 6.83. The lowest BCUT2D eigenvalue weighted by Crippen LogP contribution is -2.34. The number of aromatic nitrogens is 3.